The Labute approximate surface area is 164 Å². The Hall–Kier alpha value is -2.70. The van der Waals surface area contributed by atoms with Crippen LogP contribution in [-0.2, 0) is 0 Å². The van der Waals surface area contributed by atoms with Crippen LogP contribution < -0.4 is 10.1 Å². The number of hydrogen-bond acceptors (Lipinski definition) is 5. The van der Waals surface area contributed by atoms with Gasteiger partial charge in [-0.05, 0) is 43.7 Å². The molecule has 6 heteroatoms. The van der Waals surface area contributed by atoms with Gasteiger partial charge in [0.15, 0.2) is 0 Å². The Balaban J connectivity index is 1.36. The molecule has 0 spiro atoms. The first-order chi connectivity index (χ1) is 13.8. The second-order valence-electron chi connectivity index (χ2n) is 7.40. The Morgan fingerprint density at radius 1 is 1.07 bits per heavy atom. The molecule has 0 amide bonds. The van der Waals surface area contributed by atoms with E-state index in [0.717, 1.165) is 67.9 Å². The van der Waals surface area contributed by atoms with Crippen molar-refractivity contribution in [1.82, 2.24) is 19.8 Å². The van der Waals surface area contributed by atoms with E-state index in [9.17, 15) is 4.79 Å². The molecule has 2 aromatic heterocycles. The second-order valence-corrected chi connectivity index (χ2v) is 7.40. The smallest absolute Gasteiger partial charge is 0.268 e. The number of hydrogen-bond donors (Lipinski definition) is 1. The molecule has 0 saturated carbocycles. The molecule has 0 radical (unpaired) electrons. The van der Waals surface area contributed by atoms with Gasteiger partial charge in [0.25, 0.3) is 5.91 Å². The maximum absolute atomic E-state index is 12.9. The van der Waals surface area contributed by atoms with Crippen molar-refractivity contribution < 1.29 is 9.53 Å². The van der Waals surface area contributed by atoms with Crippen LogP contribution in [0, 0.1) is 0 Å². The van der Waals surface area contributed by atoms with Crippen molar-refractivity contribution in [1.29, 1.82) is 0 Å². The van der Waals surface area contributed by atoms with Crippen LogP contribution in [0.15, 0.2) is 42.6 Å². The van der Waals surface area contributed by atoms with E-state index < -0.39 is 0 Å². The number of nitrogens with zero attached hydrogens (tertiary/aromatic N) is 3. The van der Waals surface area contributed by atoms with Crippen LogP contribution in [0.4, 0.5) is 0 Å². The lowest BCUT2D eigenvalue weighted by Gasteiger charge is -2.27. The highest BCUT2D eigenvalue weighted by Crippen LogP contribution is 2.40. The summed E-state index contributed by atoms with van der Waals surface area (Å²) in [6.07, 6.45) is 3.86. The summed E-state index contributed by atoms with van der Waals surface area (Å²) in [5, 5.41) is 4.29. The number of aromatic nitrogens is 2. The molecular formula is C22H24N4O2. The molecule has 0 atom stereocenters. The van der Waals surface area contributed by atoms with Gasteiger partial charge in [-0.1, -0.05) is 12.1 Å². The Bertz CT molecular complexity index is 1020. The molecule has 2 aliphatic rings. The summed E-state index contributed by atoms with van der Waals surface area (Å²) < 4.78 is 7.88. The number of ether oxygens (including phenoxy) is 1. The van der Waals surface area contributed by atoms with Crippen molar-refractivity contribution in [2.45, 2.75) is 12.8 Å². The first-order valence-corrected chi connectivity index (χ1v) is 10.0. The summed E-state index contributed by atoms with van der Waals surface area (Å²) in [5.74, 6) is 0.626. The summed E-state index contributed by atoms with van der Waals surface area (Å²) in [4.78, 5) is 20.2. The molecule has 28 heavy (non-hydrogen) atoms. The molecule has 0 aliphatic carbocycles. The molecule has 0 unspecified atom stereocenters. The highest BCUT2D eigenvalue weighted by atomic mass is 16.5. The van der Waals surface area contributed by atoms with E-state index >= 15 is 0 Å². The standard InChI is InChI=1S/C22H24N4O2/c27-22-19-20(18-8-5-12-26(18)22)24-17-7-2-1-6-16(17)21(19)28-15-4-3-11-25-13-9-23-10-14-25/h1-2,5-8,12,23H,3-4,9-11,13-15H2. The van der Waals surface area contributed by atoms with E-state index in [0.29, 0.717) is 17.9 Å². The van der Waals surface area contributed by atoms with Crippen molar-refractivity contribution in [3.05, 3.63) is 48.2 Å². The third-order valence-electron chi connectivity index (χ3n) is 5.59. The van der Waals surface area contributed by atoms with Crippen molar-refractivity contribution in [2.75, 3.05) is 39.3 Å². The third kappa shape index (κ3) is 2.99. The number of para-hydroxylation sites is 1. The van der Waals surface area contributed by atoms with Gasteiger partial charge in [-0.2, -0.15) is 0 Å². The fraction of sp³-hybridized carbons (Fsp3) is 0.364. The average molecular weight is 376 g/mol. The first-order valence-electron chi connectivity index (χ1n) is 10.0. The van der Waals surface area contributed by atoms with Gasteiger partial charge in [0.1, 0.15) is 17.0 Å². The van der Waals surface area contributed by atoms with Crippen LogP contribution in [0.5, 0.6) is 5.75 Å². The topological polar surface area (TPSA) is 59.4 Å². The predicted molar refractivity (Wildman–Crippen MR) is 109 cm³/mol. The molecule has 144 valence electrons. The van der Waals surface area contributed by atoms with Crippen LogP contribution in [-0.4, -0.2) is 59.7 Å². The van der Waals surface area contributed by atoms with E-state index in [4.69, 9.17) is 9.72 Å². The molecule has 2 aliphatic heterocycles. The zero-order valence-electron chi connectivity index (χ0n) is 15.9. The van der Waals surface area contributed by atoms with Gasteiger partial charge in [0.2, 0.25) is 0 Å². The van der Waals surface area contributed by atoms with Gasteiger partial charge in [0, 0.05) is 37.8 Å². The van der Waals surface area contributed by atoms with Gasteiger partial charge < -0.3 is 15.0 Å². The fourth-order valence-corrected chi connectivity index (χ4v) is 4.13. The van der Waals surface area contributed by atoms with Crippen molar-refractivity contribution >= 4 is 16.8 Å². The predicted octanol–water partition coefficient (Wildman–Crippen LogP) is 2.77. The van der Waals surface area contributed by atoms with E-state index in [1.165, 1.54) is 0 Å². The van der Waals surface area contributed by atoms with E-state index in [1.54, 1.807) is 10.8 Å². The van der Waals surface area contributed by atoms with Gasteiger partial charge >= 0.3 is 0 Å². The number of carbonyl (C=O) groups excluding carboxylic acids is 1. The van der Waals surface area contributed by atoms with Crippen LogP contribution in [0.3, 0.4) is 0 Å². The third-order valence-corrected chi connectivity index (χ3v) is 5.59. The van der Waals surface area contributed by atoms with E-state index in [2.05, 4.69) is 10.2 Å². The minimum atomic E-state index is -0.0518. The molecule has 1 N–H and O–H groups in total. The second kappa shape index (κ2) is 7.37. The summed E-state index contributed by atoms with van der Waals surface area (Å²) in [6.45, 7) is 6.11. The molecule has 1 saturated heterocycles. The molecule has 6 nitrogen and oxygen atoms in total. The number of benzene rings is 1. The summed E-state index contributed by atoms with van der Waals surface area (Å²) in [5.41, 5.74) is 3.02. The minimum absolute atomic E-state index is 0.0518. The Morgan fingerprint density at radius 2 is 1.93 bits per heavy atom. The maximum Gasteiger partial charge on any atom is 0.268 e. The molecule has 5 rings (SSSR count). The molecule has 4 heterocycles. The normalized spacial score (nSPS) is 16.4. The quantitative estimate of drug-likeness (QED) is 0.525. The van der Waals surface area contributed by atoms with E-state index in [1.807, 2.05) is 36.4 Å². The zero-order chi connectivity index (χ0) is 18.9. The van der Waals surface area contributed by atoms with Gasteiger partial charge in [0.05, 0.1) is 17.8 Å². The van der Waals surface area contributed by atoms with Crippen LogP contribution in [0.25, 0.3) is 22.3 Å². The lowest BCUT2D eigenvalue weighted by Crippen LogP contribution is -2.43. The molecule has 0 bridgehead atoms. The minimum Gasteiger partial charge on any atom is -0.492 e. The van der Waals surface area contributed by atoms with Gasteiger partial charge in [-0.15, -0.1) is 0 Å². The molecule has 3 aromatic rings. The maximum atomic E-state index is 12.9. The molecule has 1 aromatic carbocycles. The van der Waals surface area contributed by atoms with Gasteiger partial charge in [-0.25, -0.2) is 4.98 Å². The Kier molecular flexibility index (Phi) is 4.58. The zero-order valence-corrected chi connectivity index (χ0v) is 15.9. The fourth-order valence-electron chi connectivity index (χ4n) is 4.13. The number of unbranched alkanes of at least 4 members (excludes halogenated alkanes) is 1. The van der Waals surface area contributed by atoms with Crippen LogP contribution in [0.2, 0.25) is 0 Å². The van der Waals surface area contributed by atoms with Crippen molar-refractivity contribution in [3.63, 3.8) is 0 Å². The lowest BCUT2D eigenvalue weighted by atomic mass is 10.1. The summed E-state index contributed by atoms with van der Waals surface area (Å²) in [6, 6.07) is 11.7. The van der Waals surface area contributed by atoms with Crippen molar-refractivity contribution in [3.8, 4) is 17.1 Å². The molecule has 1 fully saturated rings. The number of pyridine rings is 1. The highest BCUT2D eigenvalue weighted by Gasteiger charge is 2.32. The highest BCUT2D eigenvalue weighted by molar-refractivity contribution is 6.13. The number of fused-ring (bicyclic) bond motifs is 4. The average Bonchev–Trinajstić information content (AvgIpc) is 3.31. The van der Waals surface area contributed by atoms with Crippen LogP contribution >= 0.6 is 0 Å². The summed E-state index contributed by atoms with van der Waals surface area (Å²) in [7, 11) is 0. The lowest BCUT2D eigenvalue weighted by molar-refractivity contribution is 0.0965. The monoisotopic (exact) mass is 376 g/mol. The van der Waals surface area contributed by atoms with Crippen LogP contribution in [0.1, 0.15) is 23.2 Å². The number of piperazine rings is 1. The van der Waals surface area contributed by atoms with Gasteiger partial charge in [-0.3, -0.25) is 9.36 Å². The summed E-state index contributed by atoms with van der Waals surface area (Å²) >= 11 is 0. The molecular weight excluding hydrogens is 352 g/mol. The Morgan fingerprint density at radius 3 is 2.82 bits per heavy atom. The number of carbonyl (C=O) groups is 1. The number of nitrogens with one attached hydrogen (secondary N) is 1. The SMILES string of the molecule is O=C1c2c(nc3ccccc3c2OCCCCN2CCNCC2)-c2cccn21. The largest absolute Gasteiger partial charge is 0.492 e. The van der Waals surface area contributed by atoms with E-state index in [-0.39, 0.29) is 5.91 Å². The number of rotatable bonds is 6. The first kappa shape index (κ1) is 17.4. The van der Waals surface area contributed by atoms with Crippen molar-refractivity contribution in [2.24, 2.45) is 0 Å².